The Balaban J connectivity index is 1.62. The number of hydrogen-bond acceptors (Lipinski definition) is 6. The third-order valence-electron chi connectivity index (χ3n) is 3.96. The highest BCUT2D eigenvalue weighted by atomic mass is 16.8. The minimum atomic E-state index is -1.30. The van der Waals surface area contributed by atoms with Crippen LogP contribution in [0.5, 0.6) is 0 Å². The fraction of sp³-hybridized carbons (Fsp3) is 0.562. The summed E-state index contributed by atoms with van der Waals surface area (Å²) >= 11 is 0. The summed E-state index contributed by atoms with van der Waals surface area (Å²) in [4.78, 5) is 11.9. The fourth-order valence-electron chi connectivity index (χ4n) is 2.72. The molecule has 0 spiro atoms. The van der Waals surface area contributed by atoms with E-state index in [0.717, 1.165) is 0 Å². The van der Waals surface area contributed by atoms with Gasteiger partial charge >= 0.3 is 5.97 Å². The van der Waals surface area contributed by atoms with E-state index in [9.17, 15) is 9.90 Å². The van der Waals surface area contributed by atoms with Crippen molar-refractivity contribution in [2.24, 2.45) is 0 Å². The van der Waals surface area contributed by atoms with Gasteiger partial charge in [0, 0.05) is 0 Å². The Labute approximate surface area is 128 Å². The van der Waals surface area contributed by atoms with Crippen molar-refractivity contribution in [2.75, 3.05) is 6.61 Å². The molecule has 0 aliphatic carbocycles. The summed E-state index contributed by atoms with van der Waals surface area (Å²) in [5.41, 5.74) is -0.843. The van der Waals surface area contributed by atoms with Crippen molar-refractivity contribution in [3.05, 3.63) is 35.9 Å². The van der Waals surface area contributed by atoms with E-state index in [2.05, 4.69) is 0 Å². The van der Waals surface area contributed by atoms with Crippen molar-refractivity contribution in [1.82, 2.24) is 0 Å². The monoisotopic (exact) mass is 308 g/mol. The first-order valence-electron chi connectivity index (χ1n) is 7.25. The summed E-state index contributed by atoms with van der Waals surface area (Å²) in [5.74, 6) is -1.26. The van der Waals surface area contributed by atoms with Crippen LogP contribution in [-0.2, 0) is 18.9 Å². The maximum absolute atomic E-state index is 11.9. The fourth-order valence-corrected chi connectivity index (χ4v) is 2.72. The van der Waals surface area contributed by atoms with E-state index < -0.39 is 35.9 Å². The minimum absolute atomic E-state index is 0.0686. The molecule has 2 aliphatic rings. The Morgan fingerprint density at radius 2 is 1.91 bits per heavy atom. The zero-order chi connectivity index (χ0) is 16.0. The number of hydrogen-bond donors (Lipinski definition) is 1. The van der Waals surface area contributed by atoms with Crippen molar-refractivity contribution in [2.45, 2.75) is 50.7 Å². The van der Waals surface area contributed by atoms with Crippen LogP contribution in [0.1, 0.15) is 31.1 Å². The molecular formula is C16H20O6. The van der Waals surface area contributed by atoms with Crippen LogP contribution in [0.4, 0.5) is 0 Å². The number of rotatable bonds is 3. The van der Waals surface area contributed by atoms with Gasteiger partial charge in [-0.25, -0.2) is 4.79 Å². The molecule has 3 rings (SSSR count). The van der Waals surface area contributed by atoms with Gasteiger partial charge in [-0.2, -0.15) is 0 Å². The quantitative estimate of drug-likeness (QED) is 0.852. The van der Waals surface area contributed by atoms with E-state index in [0.29, 0.717) is 5.56 Å². The molecule has 0 radical (unpaired) electrons. The van der Waals surface area contributed by atoms with Crippen LogP contribution in [0.15, 0.2) is 30.3 Å². The average Bonchev–Trinajstić information content (AvgIpc) is 2.89. The highest BCUT2D eigenvalue weighted by molar-refractivity contribution is 5.89. The molecule has 2 aliphatic heterocycles. The van der Waals surface area contributed by atoms with Gasteiger partial charge in [-0.3, -0.25) is 0 Å². The van der Waals surface area contributed by atoms with Gasteiger partial charge in [-0.15, -0.1) is 0 Å². The highest BCUT2D eigenvalue weighted by Gasteiger charge is 2.61. The summed E-state index contributed by atoms with van der Waals surface area (Å²) in [7, 11) is 0. The van der Waals surface area contributed by atoms with E-state index in [4.69, 9.17) is 18.9 Å². The molecule has 6 heteroatoms. The average molecular weight is 308 g/mol. The number of carbonyl (C=O) groups is 1. The molecule has 0 aromatic heterocycles. The molecule has 120 valence electrons. The Morgan fingerprint density at radius 3 is 2.55 bits per heavy atom. The summed E-state index contributed by atoms with van der Waals surface area (Å²) in [6, 6.07) is 8.66. The lowest BCUT2D eigenvalue weighted by Crippen LogP contribution is -2.48. The van der Waals surface area contributed by atoms with Crippen LogP contribution in [0.3, 0.4) is 0 Å². The molecule has 2 fully saturated rings. The predicted molar refractivity (Wildman–Crippen MR) is 76.0 cm³/mol. The lowest BCUT2D eigenvalue weighted by atomic mass is 9.95. The lowest BCUT2D eigenvalue weighted by Gasteiger charge is -2.29. The molecule has 2 unspecified atom stereocenters. The molecule has 22 heavy (non-hydrogen) atoms. The Morgan fingerprint density at radius 1 is 1.23 bits per heavy atom. The van der Waals surface area contributed by atoms with Gasteiger partial charge in [0.25, 0.3) is 0 Å². The summed E-state index contributed by atoms with van der Waals surface area (Å²) in [6.07, 6.45) is -1.97. The normalized spacial score (nSPS) is 36.1. The molecular weight excluding hydrogens is 288 g/mol. The number of ether oxygens (including phenoxy) is 4. The molecule has 2 saturated heterocycles. The number of carbonyl (C=O) groups excluding carboxylic acids is 1. The highest BCUT2D eigenvalue weighted by Crippen LogP contribution is 2.42. The first-order chi connectivity index (χ1) is 10.3. The van der Waals surface area contributed by atoms with Crippen molar-refractivity contribution in [3.8, 4) is 0 Å². The molecule has 2 heterocycles. The molecule has 1 aromatic rings. The maximum atomic E-state index is 11.9. The summed E-state index contributed by atoms with van der Waals surface area (Å²) < 4.78 is 22.1. The molecule has 0 saturated carbocycles. The Bertz CT molecular complexity index is 553. The number of esters is 1. The van der Waals surface area contributed by atoms with Gasteiger partial charge < -0.3 is 24.1 Å². The number of benzene rings is 1. The second-order valence-corrected chi connectivity index (χ2v) is 6.24. The minimum Gasteiger partial charge on any atom is -0.459 e. The van der Waals surface area contributed by atoms with Crippen LogP contribution in [0, 0.1) is 0 Å². The van der Waals surface area contributed by atoms with Crippen molar-refractivity contribution >= 4 is 5.97 Å². The predicted octanol–water partition coefficient (Wildman–Crippen LogP) is 1.47. The number of fused-ring (bicyclic) bond motifs is 1. The zero-order valence-electron chi connectivity index (χ0n) is 12.8. The van der Waals surface area contributed by atoms with E-state index in [1.54, 1.807) is 45.0 Å². The second kappa shape index (κ2) is 5.31. The van der Waals surface area contributed by atoms with Crippen LogP contribution in [0.25, 0.3) is 0 Å². The standard InChI is InChI=1S/C16H20O6/c1-15(2)21-12-14(22-15)20-11(16(12,3)18)9-19-13(17)10-7-5-4-6-8-10/h4-8,11-12,14,18H,9H2,1-3H3/t11-,12?,14-,16?/m1/s1. The van der Waals surface area contributed by atoms with Crippen LogP contribution >= 0.6 is 0 Å². The van der Waals surface area contributed by atoms with E-state index in [-0.39, 0.29) is 6.61 Å². The molecule has 0 amide bonds. The third kappa shape index (κ3) is 2.75. The first-order valence-corrected chi connectivity index (χ1v) is 7.25. The molecule has 0 bridgehead atoms. The van der Waals surface area contributed by atoms with Gasteiger partial charge in [-0.05, 0) is 32.9 Å². The van der Waals surface area contributed by atoms with Crippen molar-refractivity contribution < 1.29 is 28.8 Å². The molecule has 4 atom stereocenters. The third-order valence-corrected chi connectivity index (χ3v) is 3.96. The Kier molecular flexibility index (Phi) is 3.72. The zero-order valence-corrected chi connectivity index (χ0v) is 12.8. The van der Waals surface area contributed by atoms with Gasteiger partial charge in [-0.1, -0.05) is 18.2 Å². The van der Waals surface area contributed by atoms with Crippen LogP contribution in [-0.4, -0.2) is 47.6 Å². The maximum Gasteiger partial charge on any atom is 0.338 e. The Hall–Kier alpha value is -1.47. The van der Waals surface area contributed by atoms with Gasteiger partial charge in [0.1, 0.15) is 24.4 Å². The van der Waals surface area contributed by atoms with E-state index in [1.807, 2.05) is 6.07 Å². The van der Waals surface area contributed by atoms with Crippen molar-refractivity contribution in [3.63, 3.8) is 0 Å². The molecule has 1 N–H and O–H groups in total. The smallest absolute Gasteiger partial charge is 0.338 e. The lowest BCUT2D eigenvalue weighted by molar-refractivity contribution is -0.230. The van der Waals surface area contributed by atoms with E-state index in [1.165, 1.54) is 0 Å². The van der Waals surface area contributed by atoms with Gasteiger partial charge in [0.05, 0.1) is 5.56 Å². The van der Waals surface area contributed by atoms with Gasteiger partial charge in [0.2, 0.25) is 0 Å². The van der Waals surface area contributed by atoms with Crippen molar-refractivity contribution in [1.29, 1.82) is 0 Å². The van der Waals surface area contributed by atoms with Gasteiger partial charge in [0.15, 0.2) is 12.1 Å². The largest absolute Gasteiger partial charge is 0.459 e. The van der Waals surface area contributed by atoms with Crippen LogP contribution < -0.4 is 0 Å². The molecule has 6 nitrogen and oxygen atoms in total. The summed E-state index contributed by atoms with van der Waals surface area (Å²) in [5, 5.41) is 10.6. The number of aliphatic hydroxyl groups is 1. The van der Waals surface area contributed by atoms with Crippen LogP contribution in [0.2, 0.25) is 0 Å². The summed E-state index contributed by atoms with van der Waals surface area (Å²) in [6.45, 7) is 5.05. The molecule has 1 aromatic carbocycles. The second-order valence-electron chi connectivity index (χ2n) is 6.24. The topological polar surface area (TPSA) is 74.2 Å². The first kappa shape index (κ1) is 15.4. The van der Waals surface area contributed by atoms with E-state index >= 15 is 0 Å². The SMILES string of the molecule is CC1(C)OC2[C@H](O[C@H](COC(=O)c3ccccc3)C2(C)O)O1.